The predicted octanol–water partition coefficient (Wildman–Crippen LogP) is 4.86. The molecule has 3 aromatic rings. The highest BCUT2D eigenvalue weighted by molar-refractivity contribution is 7.92. The molecule has 0 aliphatic carbocycles. The minimum atomic E-state index is -3.93. The molecule has 0 bridgehead atoms. The van der Waals surface area contributed by atoms with Crippen molar-refractivity contribution >= 4 is 38.9 Å². The Morgan fingerprint density at radius 1 is 1.00 bits per heavy atom. The molecule has 3 aromatic carbocycles. The van der Waals surface area contributed by atoms with Crippen LogP contribution >= 0.6 is 11.6 Å². The fraction of sp³-hybridized carbons (Fsp3) is 0.136. The molecule has 0 aliphatic heterocycles. The molecule has 0 spiro atoms. The van der Waals surface area contributed by atoms with Gasteiger partial charge in [-0.05, 0) is 66.6 Å². The second-order valence-electron chi connectivity index (χ2n) is 6.59. The number of carbonyl (C=O) groups is 1. The largest absolute Gasteiger partial charge is 0.482 e. The summed E-state index contributed by atoms with van der Waals surface area (Å²) >= 11 is 6.14. The van der Waals surface area contributed by atoms with Crippen LogP contribution in [0.4, 0.5) is 15.8 Å². The molecular weight excluding hydrogens is 443 g/mol. The Morgan fingerprint density at radius 3 is 2.26 bits per heavy atom. The number of ether oxygens (including phenoxy) is 1. The van der Waals surface area contributed by atoms with E-state index in [0.29, 0.717) is 5.69 Å². The lowest BCUT2D eigenvalue weighted by Crippen LogP contribution is -2.20. The normalized spacial score (nSPS) is 11.1. The third kappa shape index (κ3) is 6.19. The molecule has 31 heavy (non-hydrogen) atoms. The highest BCUT2D eigenvalue weighted by atomic mass is 35.5. The molecule has 0 aliphatic rings. The fourth-order valence-electron chi connectivity index (χ4n) is 2.66. The van der Waals surface area contributed by atoms with Gasteiger partial charge in [0.15, 0.2) is 6.61 Å². The Hall–Kier alpha value is -3.10. The van der Waals surface area contributed by atoms with E-state index in [1.807, 2.05) is 19.1 Å². The van der Waals surface area contributed by atoms with Crippen molar-refractivity contribution in [2.24, 2.45) is 0 Å². The first-order valence-corrected chi connectivity index (χ1v) is 11.2. The van der Waals surface area contributed by atoms with Crippen LogP contribution in [0.15, 0.2) is 71.6 Å². The summed E-state index contributed by atoms with van der Waals surface area (Å²) in [4.78, 5) is 12.0. The van der Waals surface area contributed by atoms with Crippen LogP contribution in [0.3, 0.4) is 0 Å². The number of hydrogen-bond donors (Lipinski definition) is 2. The zero-order valence-electron chi connectivity index (χ0n) is 16.6. The van der Waals surface area contributed by atoms with Gasteiger partial charge >= 0.3 is 0 Å². The maximum atomic E-state index is 13.0. The number of halogens is 2. The van der Waals surface area contributed by atoms with Crippen molar-refractivity contribution in [3.63, 3.8) is 0 Å². The Labute approximate surface area is 185 Å². The molecule has 0 fully saturated rings. The molecule has 2 N–H and O–H groups in total. The van der Waals surface area contributed by atoms with Gasteiger partial charge in [-0.3, -0.25) is 9.52 Å². The first kappa shape index (κ1) is 22.6. The Bertz CT molecular complexity index is 1170. The topological polar surface area (TPSA) is 84.5 Å². The van der Waals surface area contributed by atoms with Gasteiger partial charge in [-0.15, -0.1) is 0 Å². The molecular formula is C22H20ClFN2O4S. The maximum Gasteiger partial charge on any atom is 0.262 e. The van der Waals surface area contributed by atoms with Crippen molar-refractivity contribution in [3.8, 4) is 5.75 Å². The summed E-state index contributed by atoms with van der Waals surface area (Å²) in [6.07, 6.45) is 0.904. The van der Waals surface area contributed by atoms with Gasteiger partial charge in [-0.1, -0.05) is 30.7 Å². The summed E-state index contributed by atoms with van der Waals surface area (Å²) in [6, 6.07) is 16.2. The van der Waals surface area contributed by atoms with Crippen LogP contribution in [0.1, 0.15) is 12.5 Å². The lowest BCUT2D eigenvalue weighted by Gasteiger charge is -2.12. The highest BCUT2D eigenvalue weighted by Crippen LogP contribution is 2.28. The molecule has 0 atom stereocenters. The Balaban J connectivity index is 1.61. The average Bonchev–Trinajstić information content (AvgIpc) is 2.75. The standard InChI is InChI=1S/C22H20ClFN2O4S/c1-2-15-3-7-17(8-4-15)25-22(27)14-30-21-12-11-19(13-20(21)23)31(28,29)26-18-9-5-16(24)6-10-18/h3-13,26H,2,14H2,1H3,(H,25,27). The summed E-state index contributed by atoms with van der Waals surface area (Å²) in [5.74, 6) is -0.691. The van der Waals surface area contributed by atoms with Crippen LogP contribution < -0.4 is 14.8 Å². The third-order valence-corrected chi connectivity index (χ3v) is 5.99. The minimum Gasteiger partial charge on any atom is -0.482 e. The van der Waals surface area contributed by atoms with Crippen LogP contribution in [0.25, 0.3) is 0 Å². The van der Waals surface area contributed by atoms with E-state index >= 15 is 0 Å². The van der Waals surface area contributed by atoms with Gasteiger partial charge in [0.2, 0.25) is 0 Å². The zero-order valence-corrected chi connectivity index (χ0v) is 18.1. The monoisotopic (exact) mass is 462 g/mol. The maximum absolute atomic E-state index is 13.0. The Kier molecular flexibility index (Phi) is 7.14. The minimum absolute atomic E-state index is 0.0297. The number of anilines is 2. The first-order valence-electron chi connectivity index (χ1n) is 9.36. The molecule has 3 rings (SSSR count). The van der Waals surface area contributed by atoms with Crippen molar-refractivity contribution in [1.29, 1.82) is 0 Å². The highest BCUT2D eigenvalue weighted by Gasteiger charge is 2.17. The van der Waals surface area contributed by atoms with E-state index in [2.05, 4.69) is 10.0 Å². The summed E-state index contributed by atoms with van der Waals surface area (Å²) in [7, 11) is -3.93. The molecule has 0 unspecified atom stereocenters. The van der Waals surface area contributed by atoms with Gasteiger partial charge < -0.3 is 10.1 Å². The number of aryl methyl sites for hydroxylation is 1. The van der Waals surface area contributed by atoms with Crippen LogP contribution in [0, 0.1) is 5.82 Å². The molecule has 0 saturated heterocycles. The number of sulfonamides is 1. The van der Waals surface area contributed by atoms with E-state index in [-0.39, 0.29) is 33.9 Å². The third-order valence-electron chi connectivity index (χ3n) is 4.31. The van der Waals surface area contributed by atoms with E-state index in [0.717, 1.165) is 24.1 Å². The van der Waals surface area contributed by atoms with Gasteiger partial charge in [-0.2, -0.15) is 0 Å². The van der Waals surface area contributed by atoms with Gasteiger partial charge in [0.1, 0.15) is 11.6 Å². The van der Waals surface area contributed by atoms with Crippen LogP contribution in [0.5, 0.6) is 5.75 Å². The SMILES string of the molecule is CCc1ccc(NC(=O)COc2ccc(S(=O)(=O)Nc3ccc(F)cc3)cc2Cl)cc1. The lowest BCUT2D eigenvalue weighted by atomic mass is 10.1. The van der Waals surface area contributed by atoms with Crippen molar-refractivity contribution in [1.82, 2.24) is 0 Å². The molecule has 0 aromatic heterocycles. The van der Waals surface area contributed by atoms with Crippen molar-refractivity contribution in [3.05, 3.63) is 83.1 Å². The van der Waals surface area contributed by atoms with E-state index in [9.17, 15) is 17.6 Å². The summed E-state index contributed by atoms with van der Waals surface area (Å²) in [6.45, 7) is 1.75. The average molecular weight is 463 g/mol. The smallest absolute Gasteiger partial charge is 0.262 e. The molecule has 0 radical (unpaired) electrons. The van der Waals surface area contributed by atoms with Gasteiger partial charge in [0.05, 0.1) is 9.92 Å². The fourth-order valence-corrected chi connectivity index (χ4v) is 4.05. The van der Waals surface area contributed by atoms with Gasteiger partial charge in [-0.25, -0.2) is 12.8 Å². The second-order valence-corrected chi connectivity index (χ2v) is 8.68. The molecule has 0 saturated carbocycles. The van der Waals surface area contributed by atoms with E-state index in [1.165, 1.54) is 30.3 Å². The van der Waals surface area contributed by atoms with Crippen molar-refractivity contribution < 1.29 is 22.3 Å². The first-order chi connectivity index (χ1) is 14.8. The second kappa shape index (κ2) is 9.80. The van der Waals surface area contributed by atoms with Crippen molar-refractivity contribution in [2.75, 3.05) is 16.6 Å². The number of amides is 1. The van der Waals surface area contributed by atoms with Crippen LogP contribution in [-0.4, -0.2) is 20.9 Å². The van der Waals surface area contributed by atoms with Gasteiger partial charge in [0.25, 0.3) is 15.9 Å². The van der Waals surface area contributed by atoms with E-state index in [4.69, 9.17) is 16.3 Å². The zero-order chi connectivity index (χ0) is 22.4. The van der Waals surface area contributed by atoms with Gasteiger partial charge in [0, 0.05) is 11.4 Å². The number of benzene rings is 3. The van der Waals surface area contributed by atoms with E-state index < -0.39 is 15.8 Å². The molecule has 1 amide bonds. The molecule has 6 nitrogen and oxygen atoms in total. The Morgan fingerprint density at radius 2 is 1.65 bits per heavy atom. The molecule has 9 heteroatoms. The van der Waals surface area contributed by atoms with Crippen molar-refractivity contribution in [2.45, 2.75) is 18.2 Å². The summed E-state index contributed by atoms with van der Waals surface area (Å²) in [5.41, 5.74) is 2.01. The lowest BCUT2D eigenvalue weighted by molar-refractivity contribution is -0.118. The quantitative estimate of drug-likeness (QED) is 0.500. The molecule has 162 valence electrons. The number of nitrogens with one attached hydrogen (secondary N) is 2. The number of carbonyl (C=O) groups excluding carboxylic acids is 1. The predicted molar refractivity (Wildman–Crippen MR) is 119 cm³/mol. The number of rotatable bonds is 8. The van der Waals surface area contributed by atoms with E-state index in [1.54, 1.807) is 12.1 Å². The van der Waals surface area contributed by atoms with Crippen LogP contribution in [-0.2, 0) is 21.2 Å². The van der Waals surface area contributed by atoms with Crippen LogP contribution in [0.2, 0.25) is 5.02 Å². The number of hydrogen-bond acceptors (Lipinski definition) is 4. The summed E-state index contributed by atoms with van der Waals surface area (Å²) in [5, 5.41) is 2.74. The molecule has 0 heterocycles. The summed E-state index contributed by atoms with van der Waals surface area (Å²) < 4.78 is 45.7.